The molecule has 3 aromatic carbocycles. The third-order valence-corrected chi connectivity index (χ3v) is 5.46. The summed E-state index contributed by atoms with van der Waals surface area (Å²) >= 11 is 0. The van der Waals surface area contributed by atoms with Crippen LogP contribution in [0.15, 0.2) is 78.4 Å². The van der Waals surface area contributed by atoms with E-state index in [9.17, 15) is 33.0 Å². The lowest BCUT2D eigenvalue weighted by Gasteiger charge is -2.26. The number of carbonyl (C=O) groups is 2. The number of rotatable bonds is 4. The van der Waals surface area contributed by atoms with Gasteiger partial charge in [0.25, 0.3) is 11.7 Å². The summed E-state index contributed by atoms with van der Waals surface area (Å²) in [5.74, 6) is -2.84. The maximum absolute atomic E-state index is 13.4. The molecule has 0 spiro atoms. The van der Waals surface area contributed by atoms with Crippen LogP contribution in [0.4, 0.5) is 18.9 Å². The number of halogens is 3. The Morgan fingerprint density at radius 2 is 1.68 bits per heavy atom. The molecule has 9 heteroatoms. The molecule has 2 N–H and O–H groups in total. The molecule has 1 atom stereocenters. The fourth-order valence-electron chi connectivity index (χ4n) is 3.86. The third-order valence-electron chi connectivity index (χ3n) is 5.46. The Morgan fingerprint density at radius 1 is 0.971 bits per heavy atom. The molecule has 0 bridgehead atoms. The summed E-state index contributed by atoms with van der Waals surface area (Å²) in [6.07, 6.45) is -4.68. The van der Waals surface area contributed by atoms with Crippen LogP contribution in [0.25, 0.3) is 5.76 Å². The number of methoxy groups -OCH3 is 1. The number of aromatic hydroxyl groups is 1. The number of alkyl halides is 3. The number of phenols is 1. The zero-order valence-electron chi connectivity index (χ0n) is 17.7. The Balaban J connectivity index is 1.98. The van der Waals surface area contributed by atoms with Crippen LogP contribution in [0.5, 0.6) is 11.5 Å². The summed E-state index contributed by atoms with van der Waals surface area (Å²) in [4.78, 5) is 27.1. The number of anilines is 1. The summed E-state index contributed by atoms with van der Waals surface area (Å²) in [5.41, 5.74) is -0.997. The van der Waals surface area contributed by atoms with E-state index in [1.165, 1.54) is 43.5 Å². The Morgan fingerprint density at radius 3 is 2.32 bits per heavy atom. The van der Waals surface area contributed by atoms with Gasteiger partial charge in [0.15, 0.2) is 11.5 Å². The van der Waals surface area contributed by atoms with Crippen molar-refractivity contribution in [1.82, 2.24) is 0 Å². The van der Waals surface area contributed by atoms with Gasteiger partial charge in [-0.15, -0.1) is 0 Å². The van der Waals surface area contributed by atoms with Crippen molar-refractivity contribution in [2.24, 2.45) is 0 Å². The second kappa shape index (κ2) is 8.58. The average molecular weight is 469 g/mol. The van der Waals surface area contributed by atoms with Gasteiger partial charge in [0.05, 0.1) is 24.3 Å². The molecule has 1 aliphatic heterocycles. The van der Waals surface area contributed by atoms with Crippen molar-refractivity contribution in [3.05, 3.63) is 95.1 Å². The first-order chi connectivity index (χ1) is 16.1. The van der Waals surface area contributed by atoms with Crippen LogP contribution in [-0.4, -0.2) is 29.0 Å². The molecule has 1 saturated heterocycles. The van der Waals surface area contributed by atoms with Gasteiger partial charge in [0.2, 0.25) is 0 Å². The van der Waals surface area contributed by atoms with Crippen LogP contribution < -0.4 is 9.64 Å². The normalized spacial score (nSPS) is 17.8. The number of ether oxygens (including phenoxy) is 1. The standard InChI is InChI=1S/C25H18F3NO5/c1-34-19-12-15(10-11-18(19)30)21-20(22(31)14-6-3-2-4-7-14)23(32)24(33)29(21)17-9-5-8-16(13-17)25(26,27)28/h2-13,21,30-31H,1H3/t21-/m1/s1. The Bertz CT molecular complexity index is 1300. The molecule has 0 aliphatic carbocycles. The van der Waals surface area contributed by atoms with E-state index in [1.807, 2.05) is 0 Å². The second-order valence-electron chi connectivity index (χ2n) is 7.51. The molecular weight excluding hydrogens is 451 g/mol. The van der Waals surface area contributed by atoms with E-state index in [1.54, 1.807) is 18.2 Å². The highest BCUT2D eigenvalue weighted by Crippen LogP contribution is 2.44. The monoisotopic (exact) mass is 469 g/mol. The molecule has 1 fully saturated rings. The Hall–Kier alpha value is -4.27. The highest BCUT2D eigenvalue weighted by molar-refractivity contribution is 6.51. The zero-order valence-corrected chi connectivity index (χ0v) is 17.7. The van der Waals surface area contributed by atoms with Crippen molar-refractivity contribution in [2.75, 3.05) is 12.0 Å². The third kappa shape index (κ3) is 3.96. The smallest absolute Gasteiger partial charge is 0.416 e. The minimum atomic E-state index is -4.68. The van der Waals surface area contributed by atoms with Gasteiger partial charge in [-0.05, 0) is 35.9 Å². The fourth-order valence-corrected chi connectivity index (χ4v) is 3.86. The van der Waals surface area contributed by atoms with Gasteiger partial charge in [-0.25, -0.2) is 0 Å². The van der Waals surface area contributed by atoms with Crippen LogP contribution in [0.3, 0.4) is 0 Å². The number of benzene rings is 3. The lowest BCUT2D eigenvalue weighted by atomic mass is 9.94. The van der Waals surface area contributed by atoms with E-state index in [-0.39, 0.29) is 33.9 Å². The van der Waals surface area contributed by atoms with Gasteiger partial charge in [0, 0.05) is 11.3 Å². The largest absolute Gasteiger partial charge is 0.507 e. The van der Waals surface area contributed by atoms with Crippen LogP contribution in [0, 0.1) is 0 Å². The fraction of sp³-hybridized carbons (Fsp3) is 0.120. The molecule has 174 valence electrons. The van der Waals surface area contributed by atoms with Crippen molar-refractivity contribution in [3.63, 3.8) is 0 Å². The predicted molar refractivity (Wildman–Crippen MR) is 117 cm³/mol. The Labute approximate surface area is 192 Å². The highest BCUT2D eigenvalue weighted by Gasteiger charge is 2.47. The molecule has 0 aromatic heterocycles. The summed E-state index contributed by atoms with van der Waals surface area (Å²) in [6.45, 7) is 0. The molecule has 1 aliphatic rings. The molecule has 0 unspecified atom stereocenters. The first-order valence-corrected chi connectivity index (χ1v) is 10.0. The molecule has 6 nitrogen and oxygen atoms in total. The topological polar surface area (TPSA) is 87.1 Å². The van der Waals surface area contributed by atoms with E-state index in [2.05, 4.69) is 0 Å². The molecule has 0 saturated carbocycles. The SMILES string of the molecule is COc1cc([C@@H]2C(=C(O)c3ccccc3)C(=O)C(=O)N2c2cccc(C(F)(F)F)c2)ccc1O. The van der Waals surface area contributed by atoms with E-state index in [0.29, 0.717) is 0 Å². The van der Waals surface area contributed by atoms with Crippen LogP contribution in [-0.2, 0) is 15.8 Å². The van der Waals surface area contributed by atoms with Crippen molar-refractivity contribution < 1.29 is 37.7 Å². The molecular formula is C25H18F3NO5. The van der Waals surface area contributed by atoms with Gasteiger partial charge < -0.3 is 14.9 Å². The zero-order chi connectivity index (χ0) is 24.6. The number of hydrogen-bond acceptors (Lipinski definition) is 5. The molecule has 0 radical (unpaired) electrons. The van der Waals surface area contributed by atoms with Gasteiger partial charge >= 0.3 is 6.18 Å². The van der Waals surface area contributed by atoms with Gasteiger partial charge in [-0.3, -0.25) is 14.5 Å². The van der Waals surface area contributed by atoms with Crippen LogP contribution in [0.1, 0.15) is 22.7 Å². The quantitative estimate of drug-likeness (QED) is 0.317. The number of ketones is 1. The van der Waals surface area contributed by atoms with E-state index in [4.69, 9.17) is 4.74 Å². The van der Waals surface area contributed by atoms with Crippen molar-refractivity contribution in [1.29, 1.82) is 0 Å². The van der Waals surface area contributed by atoms with Gasteiger partial charge in [-0.2, -0.15) is 13.2 Å². The second-order valence-corrected chi connectivity index (χ2v) is 7.51. The van der Waals surface area contributed by atoms with E-state index < -0.39 is 35.2 Å². The summed E-state index contributed by atoms with van der Waals surface area (Å²) in [5, 5.41) is 21.0. The average Bonchev–Trinajstić information content (AvgIpc) is 3.09. The molecule has 3 aromatic rings. The first kappa shape index (κ1) is 22.9. The lowest BCUT2D eigenvalue weighted by molar-refractivity contribution is -0.137. The molecule has 34 heavy (non-hydrogen) atoms. The molecule has 1 amide bonds. The maximum Gasteiger partial charge on any atom is 0.416 e. The van der Waals surface area contributed by atoms with Gasteiger partial charge in [-0.1, -0.05) is 42.5 Å². The number of phenolic OH excluding ortho intramolecular Hbond substituents is 1. The van der Waals surface area contributed by atoms with Crippen molar-refractivity contribution in [2.45, 2.75) is 12.2 Å². The Kier molecular flexibility index (Phi) is 5.78. The molecule has 4 rings (SSSR count). The van der Waals surface area contributed by atoms with Crippen molar-refractivity contribution in [3.8, 4) is 11.5 Å². The van der Waals surface area contributed by atoms with Gasteiger partial charge in [0.1, 0.15) is 5.76 Å². The minimum Gasteiger partial charge on any atom is -0.507 e. The lowest BCUT2D eigenvalue weighted by Crippen LogP contribution is -2.29. The number of Topliss-reactive ketones (excluding diaryl/α,β-unsaturated/α-hetero) is 1. The van der Waals surface area contributed by atoms with Crippen LogP contribution in [0.2, 0.25) is 0 Å². The number of aliphatic hydroxyl groups excluding tert-OH is 1. The molecule has 1 heterocycles. The van der Waals surface area contributed by atoms with E-state index >= 15 is 0 Å². The minimum absolute atomic E-state index is 0.0202. The van der Waals surface area contributed by atoms with Crippen molar-refractivity contribution >= 4 is 23.1 Å². The number of amides is 1. The van der Waals surface area contributed by atoms with Crippen LogP contribution >= 0.6 is 0 Å². The highest BCUT2D eigenvalue weighted by atomic mass is 19.4. The number of aliphatic hydroxyl groups is 1. The summed E-state index contributed by atoms with van der Waals surface area (Å²) in [7, 11) is 1.30. The number of nitrogens with zero attached hydrogens (tertiary/aromatic N) is 1. The first-order valence-electron chi connectivity index (χ1n) is 10.0. The predicted octanol–water partition coefficient (Wildman–Crippen LogP) is 5.05. The summed E-state index contributed by atoms with van der Waals surface area (Å²) < 4.78 is 45.2. The number of carbonyl (C=O) groups excluding carboxylic acids is 2. The maximum atomic E-state index is 13.4. The van der Waals surface area contributed by atoms with E-state index in [0.717, 1.165) is 23.1 Å². The summed E-state index contributed by atoms with van der Waals surface area (Å²) in [6, 6.07) is 14.7. The number of hydrogen-bond donors (Lipinski definition) is 2.